The Labute approximate surface area is 203 Å². The molecule has 0 aliphatic carbocycles. The number of anilines is 1. The summed E-state index contributed by atoms with van der Waals surface area (Å²) in [5, 5.41) is 11.8. The standard InChI is InChI=1S/C26H38N6O2/c1-6-21(5)32(26(34)27-19(2)3)18-25(33)31-15-7-14-30(16-17-31)24-13-12-23(28-29-24)22-10-8-20(4)9-11-22/h8-13,19,21H,6-7,14-18H2,1-5H3,(H,27,34)/t21-/m1/s1. The van der Waals surface area contributed by atoms with Crippen LogP contribution in [0, 0.1) is 6.92 Å². The number of hydrogen-bond acceptors (Lipinski definition) is 5. The quantitative estimate of drug-likeness (QED) is 0.673. The average molecular weight is 467 g/mol. The number of urea groups is 1. The predicted octanol–water partition coefficient (Wildman–Crippen LogP) is 3.71. The summed E-state index contributed by atoms with van der Waals surface area (Å²) >= 11 is 0. The van der Waals surface area contributed by atoms with Crippen molar-refractivity contribution >= 4 is 17.8 Å². The molecule has 1 aliphatic heterocycles. The van der Waals surface area contributed by atoms with Gasteiger partial charge < -0.3 is 20.0 Å². The highest BCUT2D eigenvalue weighted by Gasteiger charge is 2.26. The van der Waals surface area contributed by atoms with Crippen molar-refractivity contribution in [3.05, 3.63) is 42.0 Å². The molecule has 2 aromatic rings. The molecule has 34 heavy (non-hydrogen) atoms. The zero-order valence-electron chi connectivity index (χ0n) is 21.1. The molecule has 1 fully saturated rings. The van der Waals surface area contributed by atoms with Gasteiger partial charge in [-0.3, -0.25) is 4.79 Å². The van der Waals surface area contributed by atoms with Gasteiger partial charge in [0.1, 0.15) is 6.54 Å². The first-order valence-corrected chi connectivity index (χ1v) is 12.3. The Bertz CT molecular complexity index is 945. The molecule has 1 N–H and O–H groups in total. The van der Waals surface area contributed by atoms with Crippen molar-refractivity contribution in [2.75, 3.05) is 37.6 Å². The molecular formula is C26H38N6O2. The minimum absolute atomic E-state index is 0.00602. The lowest BCUT2D eigenvalue weighted by Crippen LogP contribution is -2.51. The second kappa shape index (κ2) is 11.8. The topological polar surface area (TPSA) is 81.7 Å². The van der Waals surface area contributed by atoms with Gasteiger partial charge in [0.25, 0.3) is 0 Å². The second-order valence-electron chi connectivity index (χ2n) is 9.35. The molecule has 1 aliphatic rings. The Morgan fingerprint density at radius 3 is 2.35 bits per heavy atom. The lowest BCUT2D eigenvalue weighted by atomic mass is 10.1. The van der Waals surface area contributed by atoms with Crippen LogP contribution >= 0.6 is 0 Å². The number of carbonyl (C=O) groups excluding carboxylic acids is 2. The maximum atomic E-state index is 13.1. The zero-order chi connectivity index (χ0) is 24.7. The summed E-state index contributed by atoms with van der Waals surface area (Å²) in [4.78, 5) is 31.4. The van der Waals surface area contributed by atoms with Gasteiger partial charge in [-0.25, -0.2) is 4.79 Å². The smallest absolute Gasteiger partial charge is 0.318 e. The maximum absolute atomic E-state index is 13.1. The molecule has 1 saturated heterocycles. The first-order chi connectivity index (χ1) is 16.3. The van der Waals surface area contributed by atoms with Crippen molar-refractivity contribution < 1.29 is 9.59 Å². The summed E-state index contributed by atoms with van der Waals surface area (Å²) < 4.78 is 0. The molecule has 0 bridgehead atoms. The fourth-order valence-electron chi connectivity index (χ4n) is 3.99. The van der Waals surface area contributed by atoms with Crippen molar-refractivity contribution in [3.8, 4) is 11.3 Å². The molecule has 1 aromatic heterocycles. The monoisotopic (exact) mass is 466 g/mol. The molecule has 8 heteroatoms. The van der Waals surface area contributed by atoms with Crippen LogP contribution in [0.15, 0.2) is 36.4 Å². The van der Waals surface area contributed by atoms with Gasteiger partial charge in [0.15, 0.2) is 5.82 Å². The fraction of sp³-hybridized carbons (Fsp3) is 0.538. The largest absolute Gasteiger partial charge is 0.353 e. The van der Waals surface area contributed by atoms with Gasteiger partial charge in [0.2, 0.25) is 5.91 Å². The van der Waals surface area contributed by atoms with E-state index in [0.717, 1.165) is 36.5 Å². The molecule has 8 nitrogen and oxygen atoms in total. The molecule has 3 amide bonds. The van der Waals surface area contributed by atoms with E-state index in [0.29, 0.717) is 19.6 Å². The number of hydrogen-bond donors (Lipinski definition) is 1. The van der Waals surface area contributed by atoms with Crippen LogP contribution in [0.3, 0.4) is 0 Å². The Morgan fingerprint density at radius 1 is 1.00 bits per heavy atom. The lowest BCUT2D eigenvalue weighted by Gasteiger charge is -2.31. The van der Waals surface area contributed by atoms with Gasteiger partial charge in [-0.15, -0.1) is 10.2 Å². The highest BCUT2D eigenvalue weighted by molar-refractivity contribution is 5.84. The predicted molar refractivity (Wildman–Crippen MR) is 136 cm³/mol. The maximum Gasteiger partial charge on any atom is 0.318 e. The third-order valence-electron chi connectivity index (χ3n) is 6.27. The summed E-state index contributed by atoms with van der Waals surface area (Å²) in [5.74, 6) is 0.810. The molecule has 0 unspecified atom stereocenters. The summed E-state index contributed by atoms with van der Waals surface area (Å²) in [6, 6.07) is 12.1. The van der Waals surface area contributed by atoms with Gasteiger partial charge in [-0.2, -0.15) is 0 Å². The molecule has 184 valence electrons. The number of nitrogens with one attached hydrogen (secondary N) is 1. The SMILES string of the molecule is CC[C@@H](C)N(CC(=O)N1CCCN(c2ccc(-c3ccc(C)cc3)nn2)CC1)C(=O)NC(C)C. The zero-order valence-corrected chi connectivity index (χ0v) is 21.1. The van der Waals surface area contributed by atoms with E-state index >= 15 is 0 Å². The van der Waals surface area contributed by atoms with Gasteiger partial charge in [-0.05, 0) is 52.7 Å². The van der Waals surface area contributed by atoms with E-state index in [1.54, 1.807) is 4.90 Å². The number of aromatic nitrogens is 2. The summed E-state index contributed by atoms with van der Waals surface area (Å²) in [6.45, 7) is 12.8. The number of amides is 3. The van der Waals surface area contributed by atoms with Crippen LogP contribution in [0.2, 0.25) is 0 Å². The minimum atomic E-state index is -0.182. The Balaban J connectivity index is 1.61. The lowest BCUT2D eigenvalue weighted by molar-refractivity contribution is -0.132. The van der Waals surface area contributed by atoms with Crippen LogP contribution in [-0.4, -0.2) is 76.7 Å². The van der Waals surface area contributed by atoms with Gasteiger partial charge in [0, 0.05) is 43.8 Å². The normalized spacial score (nSPS) is 15.1. The van der Waals surface area contributed by atoms with E-state index in [1.165, 1.54) is 5.56 Å². The molecule has 0 radical (unpaired) electrons. The second-order valence-corrected chi connectivity index (χ2v) is 9.35. The average Bonchev–Trinajstić information content (AvgIpc) is 3.08. The first-order valence-electron chi connectivity index (χ1n) is 12.3. The van der Waals surface area contributed by atoms with Crippen LogP contribution in [0.4, 0.5) is 10.6 Å². The van der Waals surface area contributed by atoms with Crippen LogP contribution in [0.1, 0.15) is 46.1 Å². The van der Waals surface area contributed by atoms with Crippen molar-refractivity contribution in [1.29, 1.82) is 0 Å². The number of nitrogens with zero attached hydrogens (tertiary/aromatic N) is 5. The molecule has 3 rings (SSSR count). The highest BCUT2D eigenvalue weighted by Crippen LogP contribution is 2.20. The number of aryl methyl sites for hydroxylation is 1. The van der Waals surface area contributed by atoms with E-state index < -0.39 is 0 Å². The van der Waals surface area contributed by atoms with Gasteiger partial charge in [0.05, 0.1) is 5.69 Å². The van der Waals surface area contributed by atoms with E-state index in [-0.39, 0.29) is 30.6 Å². The number of benzene rings is 1. The Morgan fingerprint density at radius 2 is 1.74 bits per heavy atom. The number of rotatable bonds is 7. The summed E-state index contributed by atoms with van der Waals surface area (Å²) in [7, 11) is 0. The highest BCUT2D eigenvalue weighted by atomic mass is 16.2. The van der Waals surface area contributed by atoms with Crippen molar-refractivity contribution in [1.82, 2.24) is 25.3 Å². The molecule has 0 saturated carbocycles. The fourth-order valence-corrected chi connectivity index (χ4v) is 3.99. The third-order valence-corrected chi connectivity index (χ3v) is 6.27. The molecule has 1 aromatic carbocycles. The van der Waals surface area contributed by atoms with Gasteiger partial charge >= 0.3 is 6.03 Å². The van der Waals surface area contributed by atoms with E-state index in [2.05, 4.69) is 51.6 Å². The van der Waals surface area contributed by atoms with E-state index in [9.17, 15) is 9.59 Å². The van der Waals surface area contributed by atoms with E-state index in [4.69, 9.17) is 0 Å². The third kappa shape index (κ3) is 6.68. The van der Waals surface area contributed by atoms with Crippen molar-refractivity contribution in [2.45, 2.75) is 59.5 Å². The van der Waals surface area contributed by atoms with Crippen LogP contribution in [0.25, 0.3) is 11.3 Å². The minimum Gasteiger partial charge on any atom is -0.353 e. The first kappa shape index (κ1) is 25.5. The molecule has 0 spiro atoms. The van der Waals surface area contributed by atoms with E-state index in [1.807, 2.05) is 44.7 Å². The summed E-state index contributed by atoms with van der Waals surface area (Å²) in [6.07, 6.45) is 1.64. The molecule has 1 atom stereocenters. The molecular weight excluding hydrogens is 428 g/mol. The van der Waals surface area contributed by atoms with Crippen molar-refractivity contribution in [3.63, 3.8) is 0 Å². The Kier molecular flexibility index (Phi) is 8.85. The van der Waals surface area contributed by atoms with Crippen LogP contribution in [-0.2, 0) is 4.79 Å². The van der Waals surface area contributed by atoms with Gasteiger partial charge in [-0.1, -0.05) is 36.8 Å². The Hall–Kier alpha value is -3.16. The van der Waals surface area contributed by atoms with Crippen LogP contribution in [0.5, 0.6) is 0 Å². The molecule has 2 heterocycles. The van der Waals surface area contributed by atoms with Crippen LogP contribution < -0.4 is 10.2 Å². The van der Waals surface area contributed by atoms with Crippen molar-refractivity contribution in [2.24, 2.45) is 0 Å². The summed E-state index contributed by atoms with van der Waals surface area (Å²) in [5.41, 5.74) is 3.11. The number of carbonyl (C=O) groups is 2.